The molecule has 0 aromatic carbocycles. The zero-order chi connectivity index (χ0) is 12.5. The first-order valence-corrected chi connectivity index (χ1v) is 7.51. The molecule has 0 unspecified atom stereocenters. The fourth-order valence-electron chi connectivity index (χ4n) is 4.06. The van der Waals surface area contributed by atoms with E-state index in [1.807, 2.05) is 0 Å². The van der Waals surface area contributed by atoms with Gasteiger partial charge in [-0.25, -0.2) is 0 Å². The van der Waals surface area contributed by atoms with Crippen LogP contribution < -0.4 is 23.8 Å². The zero-order valence-corrected chi connectivity index (χ0v) is 13.0. The Morgan fingerprint density at radius 2 is 0.895 bits per heavy atom. The summed E-state index contributed by atoms with van der Waals surface area (Å²) in [5.41, 5.74) is 12.5. The average molecular weight is 272 g/mol. The average Bonchev–Trinajstić information content (AvgIpc) is 2.30. The highest BCUT2D eigenvalue weighted by Gasteiger charge is 2.39. The summed E-state index contributed by atoms with van der Waals surface area (Å²) in [4.78, 5) is 0. The van der Waals surface area contributed by atoms with Crippen LogP contribution >= 0.6 is 0 Å². The minimum atomic E-state index is 0. The molecule has 2 aliphatic rings. The molecule has 4 heteroatoms. The van der Waals surface area contributed by atoms with Crippen LogP contribution in [-0.4, -0.2) is 12.1 Å². The quantitative estimate of drug-likeness (QED) is 0.615. The SMILES string of the molecule is CC(C)(C1CCC(N)CC1)C1CCC(N)CC1.N.N. The molecule has 0 bridgehead atoms. The third-order valence-electron chi connectivity index (χ3n) is 5.65. The fraction of sp³-hybridized carbons (Fsp3) is 1.00. The molecule has 2 aliphatic carbocycles. The van der Waals surface area contributed by atoms with Gasteiger partial charge in [-0.1, -0.05) is 13.8 Å². The van der Waals surface area contributed by atoms with Crippen LogP contribution in [0.3, 0.4) is 0 Å². The minimum Gasteiger partial charge on any atom is -0.344 e. The lowest BCUT2D eigenvalue weighted by molar-refractivity contribution is 0.0523. The van der Waals surface area contributed by atoms with Crippen molar-refractivity contribution in [2.45, 2.75) is 77.3 Å². The van der Waals surface area contributed by atoms with Crippen molar-refractivity contribution < 1.29 is 0 Å². The highest BCUT2D eigenvalue weighted by Crippen LogP contribution is 2.47. The Hall–Kier alpha value is -0.160. The molecule has 0 radical (unpaired) electrons. The minimum absolute atomic E-state index is 0. The van der Waals surface area contributed by atoms with Gasteiger partial charge in [0.05, 0.1) is 0 Å². The summed E-state index contributed by atoms with van der Waals surface area (Å²) in [6.45, 7) is 4.99. The molecule has 2 saturated carbocycles. The summed E-state index contributed by atoms with van der Waals surface area (Å²) in [6, 6.07) is 0.948. The van der Waals surface area contributed by atoms with Crippen molar-refractivity contribution in [1.29, 1.82) is 0 Å². The van der Waals surface area contributed by atoms with Crippen molar-refractivity contribution in [2.75, 3.05) is 0 Å². The van der Waals surface area contributed by atoms with Gasteiger partial charge < -0.3 is 23.8 Å². The van der Waals surface area contributed by atoms with Gasteiger partial charge in [-0.2, -0.15) is 0 Å². The van der Waals surface area contributed by atoms with Gasteiger partial charge in [0.25, 0.3) is 0 Å². The maximum atomic E-state index is 6.02. The summed E-state index contributed by atoms with van der Waals surface area (Å²) in [6.07, 6.45) is 10.3. The van der Waals surface area contributed by atoms with Crippen molar-refractivity contribution in [1.82, 2.24) is 12.3 Å². The van der Waals surface area contributed by atoms with Crippen LogP contribution in [0.1, 0.15) is 65.2 Å². The van der Waals surface area contributed by atoms with Gasteiger partial charge in [-0.15, -0.1) is 0 Å². The molecular weight excluding hydrogens is 236 g/mol. The first kappa shape index (κ1) is 18.8. The molecule has 2 rings (SSSR count). The summed E-state index contributed by atoms with van der Waals surface area (Å²) in [7, 11) is 0. The van der Waals surface area contributed by atoms with E-state index in [1.165, 1.54) is 51.4 Å². The molecule has 0 saturated heterocycles. The monoisotopic (exact) mass is 272 g/mol. The van der Waals surface area contributed by atoms with Crippen LogP contribution in [0.15, 0.2) is 0 Å². The van der Waals surface area contributed by atoms with E-state index in [0.29, 0.717) is 17.5 Å². The first-order chi connectivity index (χ1) is 8.00. The van der Waals surface area contributed by atoms with Crippen molar-refractivity contribution in [3.05, 3.63) is 0 Å². The van der Waals surface area contributed by atoms with Gasteiger partial charge in [0.2, 0.25) is 0 Å². The van der Waals surface area contributed by atoms with Crippen molar-refractivity contribution in [2.24, 2.45) is 28.7 Å². The van der Waals surface area contributed by atoms with Gasteiger partial charge in [0, 0.05) is 12.1 Å². The molecular formula is C15H36N4. The maximum absolute atomic E-state index is 6.02. The van der Waals surface area contributed by atoms with E-state index in [4.69, 9.17) is 11.5 Å². The van der Waals surface area contributed by atoms with Gasteiger partial charge in [-0.3, -0.25) is 0 Å². The Labute approximate surface area is 119 Å². The lowest BCUT2D eigenvalue weighted by atomic mass is 9.60. The summed E-state index contributed by atoms with van der Waals surface area (Å²) < 4.78 is 0. The van der Waals surface area contributed by atoms with E-state index in [9.17, 15) is 0 Å². The highest BCUT2D eigenvalue weighted by atomic mass is 14.7. The Morgan fingerprint density at radius 3 is 1.16 bits per heavy atom. The van der Waals surface area contributed by atoms with Gasteiger partial charge >= 0.3 is 0 Å². The Bertz CT molecular complexity index is 215. The standard InChI is InChI=1S/C15H30N2.2H3N/c1-15(2,11-3-7-13(16)8-4-11)12-5-9-14(17)10-6-12;;/h11-14H,3-10,16-17H2,1-2H3;2*1H3. The molecule has 2 fully saturated rings. The largest absolute Gasteiger partial charge is 0.344 e. The predicted molar refractivity (Wildman–Crippen MR) is 83.7 cm³/mol. The molecule has 0 aliphatic heterocycles. The molecule has 10 N–H and O–H groups in total. The normalized spacial score (nSPS) is 36.0. The summed E-state index contributed by atoms with van der Waals surface area (Å²) in [5, 5.41) is 0. The van der Waals surface area contributed by atoms with Gasteiger partial charge in [-0.05, 0) is 68.6 Å². The lowest BCUT2D eigenvalue weighted by Crippen LogP contribution is -2.40. The Kier molecular flexibility index (Phi) is 7.51. The van der Waals surface area contributed by atoms with E-state index >= 15 is 0 Å². The molecule has 0 spiro atoms. The van der Waals surface area contributed by atoms with Crippen LogP contribution in [0, 0.1) is 17.3 Å². The number of nitrogens with two attached hydrogens (primary N) is 2. The third kappa shape index (κ3) is 4.42. The van der Waals surface area contributed by atoms with E-state index in [-0.39, 0.29) is 12.3 Å². The zero-order valence-electron chi connectivity index (χ0n) is 13.0. The maximum Gasteiger partial charge on any atom is 0.00390 e. The van der Waals surface area contributed by atoms with Crippen LogP contribution in [0.4, 0.5) is 0 Å². The van der Waals surface area contributed by atoms with E-state index in [1.54, 1.807) is 0 Å². The predicted octanol–water partition coefficient (Wildman–Crippen LogP) is 3.37. The molecule has 0 atom stereocenters. The number of hydrogen-bond donors (Lipinski definition) is 4. The van der Waals surface area contributed by atoms with E-state index < -0.39 is 0 Å². The molecule has 0 heterocycles. The molecule has 19 heavy (non-hydrogen) atoms. The van der Waals surface area contributed by atoms with Crippen LogP contribution in [-0.2, 0) is 0 Å². The topological polar surface area (TPSA) is 122 Å². The van der Waals surface area contributed by atoms with E-state index in [2.05, 4.69) is 13.8 Å². The molecule has 0 aromatic rings. The second kappa shape index (κ2) is 7.58. The van der Waals surface area contributed by atoms with Crippen molar-refractivity contribution in [3.8, 4) is 0 Å². The van der Waals surface area contributed by atoms with E-state index in [0.717, 1.165) is 11.8 Å². The molecule has 116 valence electrons. The summed E-state index contributed by atoms with van der Waals surface area (Å²) in [5.74, 6) is 1.78. The Morgan fingerprint density at radius 1 is 0.632 bits per heavy atom. The smallest absolute Gasteiger partial charge is 0.00390 e. The highest BCUT2D eigenvalue weighted by molar-refractivity contribution is 4.91. The molecule has 0 amide bonds. The second-order valence-corrected chi connectivity index (χ2v) is 7.04. The lowest BCUT2D eigenvalue weighted by Gasteiger charge is -2.46. The van der Waals surface area contributed by atoms with Crippen LogP contribution in [0.5, 0.6) is 0 Å². The van der Waals surface area contributed by atoms with Crippen LogP contribution in [0.25, 0.3) is 0 Å². The third-order valence-corrected chi connectivity index (χ3v) is 5.65. The summed E-state index contributed by atoms with van der Waals surface area (Å²) >= 11 is 0. The number of rotatable bonds is 2. The molecule has 4 nitrogen and oxygen atoms in total. The van der Waals surface area contributed by atoms with Gasteiger partial charge in [0.15, 0.2) is 0 Å². The first-order valence-electron chi connectivity index (χ1n) is 7.51. The van der Waals surface area contributed by atoms with Crippen LogP contribution in [0.2, 0.25) is 0 Å². The van der Waals surface area contributed by atoms with Gasteiger partial charge in [0.1, 0.15) is 0 Å². The molecule has 0 aromatic heterocycles. The Balaban J connectivity index is 0.00000162. The van der Waals surface area contributed by atoms with Crippen molar-refractivity contribution >= 4 is 0 Å². The second-order valence-electron chi connectivity index (χ2n) is 7.04. The number of hydrogen-bond acceptors (Lipinski definition) is 4. The van der Waals surface area contributed by atoms with Crippen molar-refractivity contribution in [3.63, 3.8) is 0 Å². The fourth-order valence-corrected chi connectivity index (χ4v) is 4.06.